The van der Waals surface area contributed by atoms with E-state index in [0.717, 1.165) is 23.8 Å². The van der Waals surface area contributed by atoms with Crippen molar-refractivity contribution in [3.8, 4) is 17.2 Å². The van der Waals surface area contributed by atoms with Crippen molar-refractivity contribution in [1.29, 1.82) is 0 Å². The van der Waals surface area contributed by atoms with E-state index >= 15 is 0 Å². The molecule has 2 rings (SSSR count). The van der Waals surface area contributed by atoms with Crippen LogP contribution in [0.5, 0.6) is 17.2 Å². The Labute approximate surface area is 166 Å². The quantitative estimate of drug-likeness (QED) is 0.628. The summed E-state index contributed by atoms with van der Waals surface area (Å²) in [6.07, 6.45) is -4.56. The number of rotatable bonds is 9. The van der Waals surface area contributed by atoms with E-state index in [1.54, 1.807) is 18.2 Å². The predicted molar refractivity (Wildman–Crippen MR) is 101 cm³/mol. The number of methoxy groups -OCH3 is 2. The first-order chi connectivity index (χ1) is 13.7. The van der Waals surface area contributed by atoms with Gasteiger partial charge in [-0.25, -0.2) is 0 Å². The van der Waals surface area contributed by atoms with Crippen molar-refractivity contribution in [1.82, 2.24) is 0 Å². The lowest BCUT2D eigenvalue weighted by molar-refractivity contribution is -0.137. The molecule has 0 spiro atoms. The Kier molecular flexibility index (Phi) is 7.72. The van der Waals surface area contributed by atoms with Crippen LogP contribution in [0.3, 0.4) is 0 Å². The maximum absolute atomic E-state index is 13.0. The number of carbonyl (C=O) groups is 1. The minimum atomic E-state index is -4.56. The Morgan fingerprint density at radius 1 is 0.966 bits per heavy atom. The molecule has 0 unspecified atom stereocenters. The highest BCUT2D eigenvalue weighted by molar-refractivity contribution is 5.93. The molecule has 158 valence electrons. The molecule has 0 aliphatic rings. The van der Waals surface area contributed by atoms with E-state index in [0.29, 0.717) is 11.5 Å². The van der Waals surface area contributed by atoms with Crippen LogP contribution in [0.4, 0.5) is 18.9 Å². The molecule has 0 fully saturated rings. The van der Waals surface area contributed by atoms with Crippen LogP contribution < -0.4 is 19.5 Å². The highest BCUT2D eigenvalue weighted by atomic mass is 19.4. The summed E-state index contributed by atoms with van der Waals surface area (Å²) in [5.74, 6) is 0.231. The zero-order valence-corrected chi connectivity index (χ0v) is 16.3. The minimum Gasteiger partial charge on any atom is -0.493 e. The second-order valence-corrected chi connectivity index (χ2v) is 6.04. The summed E-state index contributed by atoms with van der Waals surface area (Å²) in [7, 11) is 2.93. The largest absolute Gasteiger partial charge is 0.493 e. The molecule has 2 aromatic carbocycles. The van der Waals surface area contributed by atoms with Crippen LogP contribution in [-0.4, -0.2) is 39.9 Å². The van der Waals surface area contributed by atoms with Crippen LogP contribution in [0.25, 0.3) is 0 Å². The molecule has 0 atom stereocenters. The highest BCUT2D eigenvalue weighted by Gasteiger charge is 2.31. The Hall–Kier alpha value is -2.94. The molecule has 0 bridgehead atoms. The first-order valence-electron chi connectivity index (χ1n) is 8.65. The van der Waals surface area contributed by atoms with Crippen LogP contribution in [-0.2, 0) is 15.7 Å². The number of hydrogen-bond acceptors (Lipinski definition) is 5. The molecule has 0 aromatic heterocycles. The molecule has 0 saturated carbocycles. The van der Waals surface area contributed by atoms with Crippen molar-refractivity contribution in [2.75, 3.05) is 39.4 Å². The van der Waals surface area contributed by atoms with Crippen molar-refractivity contribution >= 4 is 11.6 Å². The number of aryl methyl sites for hydroxylation is 1. The lowest BCUT2D eigenvalue weighted by Gasteiger charge is -2.16. The molecule has 0 heterocycles. The van der Waals surface area contributed by atoms with E-state index in [1.165, 1.54) is 14.2 Å². The van der Waals surface area contributed by atoms with Crippen LogP contribution in [0.2, 0.25) is 0 Å². The van der Waals surface area contributed by atoms with Gasteiger partial charge in [-0.2, -0.15) is 13.2 Å². The van der Waals surface area contributed by atoms with E-state index in [4.69, 9.17) is 18.9 Å². The normalized spacial score (nSPS) is 11.1. The SMILES string of the molecule is COCCOc1ccc(C(F)(F)F)cc1NC(=O)COc1ccc(C)cc1OC. The van der Waals surface area contributed by atoms with Crippen LogP contribution in [0.15, 0.2) is 36.4 Å². The van der Waals surface area contributed by atoms with Gasteiger partial charge in [0.15, 0.2) is 18.1 Å². The van der Waals surface area contributed by atoms with E-state index < -0.39 is 24.3 Å². The first kappa shape index (κ1) is 22.4. The van der Waals surface area contributed by atoms with Crippen molar-refractivity contribution in [3.63, 3.8) is 0 Å². The number of hydrogen-bond donors (Lipinski definition) is 1. The summed E-state index contributed by atoms with van der Waals surface area (Å²) in [5, 5.41) is 2.40. The van der Waals surface area contributed by atoms with E-state index in [2.05, 4.69) is 5.32 Å². The van der Waals surface area contributed by atoms with Gasteiger partial charge >= 0.3 is 6.18 Å². The van der Waals surface area contributed by atoms with Crippen LogP contribution in [0, 0.1) is 6.92 Å². The molecule has 1 amide bonds. The molecule has 9 heteroatoms. The summed E-state index contributed by atoms with van der Waals surface area (Å²) < 4.78 is 59.9. The summed E-state index contributed by atoms with van der Waals surface area (Å²) in [6.45, 7) is 1.80. The third-order valence-corrected chi connectivity index (χ3v) is 3.80. The first-order valence-corrected chi connectivity index (χ1v) is 8.65. The number of anilines is 1. The van der Waals surface area contributed by atoms with Crippen LogP contribution >= 0.6 is 0 Å². The topological polar surface area (TPSA) is 66.0 Å². The van der Waals surface area contributed by atoms with Gasteiger partial charge in [-0.3, -0.25) is 4.79 Å². The summed E-state index contributed by atoms with van der Waals surface area (Å²) in [5.41, 5.74) is -0.0751. The second kappa shape index (κ2) is 10.0. The van der Waals surface area contributed by atoms with Gasteiger partial charge in [0.1, 0.15) is 12.4 Å². The highest BCUT2D eigenvalue weighted by Crippen LogP contribution is 2.35. The number of benzene rings is 2. The smallest absolute Gasteiger partial charge is 0.416 e. The Morgan fingerprint density at radius 3 is 2.34 bits per heavy atom. The fourth-order valence-corrected chi connectivity index (χ4v) is 2.39. The third kappa shape index (κ3) is 6.56. The maximum Gasteiger partial charge on any atom is 0.416 e. The summed E-state index contributed by atoms with van der Waals surface area (Å²) in [6, 6.07) is 8.01. The minimum absolute atomic E-state index is 0.0938. The standard InChI is InChI=1S/C20H22F3NO5/c1-13-4-6-17(18(10-13)27-3)29-12-19(25)24-15-11-14(20(21,22)23)5-7-16(15)28-9-8-26-2/h4-7,10-11H,8-9,12H2,1-3H3,(H,24,25). The lowest BCUT2D eigenvalue weighted by Crippen LogP contribution is -2.21. The Morgan fingerprint density at radius 2 is 1.69 bits per heavy atom. The third-order valence-electron chi connectivity index (χ3n) is 3.80. The average molecular weight is 413 g/mol. The van der Waals surface area contributed by atoms with Crippen molar-refractivity contribution < 1.29 is 36.9 Å². The molecule has 0 radical (unpaired) electrons. The van der Waals surface area contributed by atoms with Gasteiger partial charge in [0.2, 0.25) is 0 Å². The fraction of sp³-hybridized carbons (Fsp3) is 0.350. The van der Waals surface area contributed by atoms with Crippen LogP contribution in [0.1, 0.15) is 11.1 Å². The molecule has 1 N–H and O–H groups in total. The molecule has 6 nitrogen and oxygen atoms in total. The number of amides is 1. The maximum atomic E-state index is 13.0. The van der Waals surface area contributed by atoms with E-state index in [-0.39, 0.29) is 24.7 Å². The molecule has 0 aliphatic carbocycles. The molecule has 29 heavy (non-hydrogen) atoms. The predicted octanol–water partition coefficient (Wildman–Crippen LogP) is 4.07. The molecular weight excluding hydrogens is 391 g/mol. The number of halogens is 3. The molecule has 2 aromatic rings. The van der Waals surface area contributed by atoms with Crippen molar-refractivity contribution in [3.05, 3.63) is 47.5 Å². The van der Waals surface area contributed by atoms with Gasteiger partial charge in [0, 0.05) is 7.11 Å². The molecule has 0 saturated heterocycles. The van der Waals surface area contributed by atoms with E-state index in [1.807, 2.05) is 6.92 Å². The van der Waals surface area contributed by atoms with Gasteiger partial charge in [-0.15, -0.1) is 0 Å². The summed E-state index contributed by atoms with van der Waals surface area (Å²) in [4.78, 5) is 12.3. The molecule has 0 aliphatic heterocycles. The Bertz CT molecular complexity index is 839. The number of ether oxygens (including phenoxy) is 4. The van der Waals surface area contributed by atoms with Gasteiger partial charge in [-0.05, 0) is 42.8 Å². The van der Waals surface area contributed by atoms with Gasteiger partial charge < -0.3 is 24.3 Å². The van der Waals surface area contributed by atoms with Gasteiger partial charge in [0.05, 0.1) is 25.0 Å². The monoisotopic (exact) mass is 413 g/mol. The number of alkyl halides is 3. The van der Waals surface area contributed by atoms with Crippen molar-refractivity contribution in [2.45, 2.75) is 13.1 Å². The summed E-state index contributed by atoms with van der Waals surface area (Å²) >= 11 is 0. The zero-order valence-electron chi connectivity index (χ0n) is 16.3. The van der Waals surface area contributed by atoms with Gasteiger partial charge in [-0.1, -0.05) is 6.07 Å². The number of nitrogens with one attached hydrogen (secondary N) is 1. The number of carbonyl (C=O) groups excluding carboxylic acids is 1. The van der Waals surface area contributed by atoms with Crippen molar-refractivity contribution in [2.24, 2.45) is 0 Å². The van der Waals surface area contributed by atoms with Gasteiger partial charge in [0.25, 0.3) is 5.91 Å². The average Bonchev–Trinajstić information content (AvgIpc) is 2.67. The van der Waals surface area contributed by atoms with E-state index in [9.17, 15) is 18.0 Å². The second-order valence-electron chi connectivity index (χ2n) is 6.04. The molecular formula is C20H22F3NO5. The lowest BCUT2D eigenvalue weighted by atomic mass is 10.1. The zero-order chi connectivity index (χ0) is 21.4. The Balaban J connectivity index is 2.12. The fourth-order valence-electron chi connectivity index (χ4n) is 2.39.